The Morgan fingerprint density at radius 2 is 2.03 bits per heavy atom. The first-order valence-electron chi connectivity index (χ1n) is 10.7. The van der Waals surface area contributed by atoms with Crippen molar-refractivity contribution < 1.29 is 23.8 Å². The number of hydrogen-bond acceptors (Lipinski definition) is 3. The Morgan fingerprint density at radius 3 is 2.60 bits per heavy atom. The summed E-state index contributed by atoms with van der Waals surface area (Å²) >= 11 is 0. The first-order chi connectivity index (χ1) is 14.4. The molecule has 1 aliphatic carbocycles. The number of carboxylic acids is 1. The highest BCUT2D eigenvalue weighted by molar-refractivity contribution is 6.01. The maximum Gasteiger partial charge on any atom is 0.352 e. The van der Waals surface area contributed by atoms with Gasteiger partial charge in [-0.15, -0.1) is 6.58 Å². The van der Waals surface area contributed by atoms with Gasteiger partial charge in [-0.1, -0.05) is 26.0 Å². The van der Waals surface area contributed by atoms with E-state index >= 15 is 0 Å². The van der Waals surface area contributed by atoms with E-state index in [4.69, 9.17) is 4.74 Å². The Balaban J connectivity index is 1.88. The second-order valence-electron chi connectivity index (χ2n) is 8.27. The van der Waals surface area contributed by atoms with Crippen LogP contribution in [-0.2, 0) is 4.79 Å². The van der Waals surface area contributed by atoms with Gasteiger partial charge in [-0.05, 0) is 56.1 Å². The van der Waals surface area contributed by atoms with Gasteiger partial charge in [-0.3, -0.25) is 4.79 Å². The second kappa shape index (κ2) is 9.02. The van der Waals surface area contributed by atoms with Crippen LogP contribution in [0.3, 0.4) is 0 Å². The third-order valence-electron chi connectivity index (χ3n) is 6.40. The van der Waals surface area contributed by atoms with E-state index in [2.05, 4.69) is 20.4 Å². The van der Waals surface area contributed by atoms with Crippen molar-refractivity contribution in [3.8, 4) is 5.75 Å². The van der Waals surface area contributed by atoms with Gasteiger partial charge < -0.3 is 14.7 Å². The highest BCUT2D eigenvalue weighted by atomic mass is 19.1. The van der Waals surface area contributed by atoms with E-state index in [1.54, 1.807) is 6.07 Å². The number of carboxylic acid groups (broad SMARTS) is 1. The van der Waals surface area contributed by atoms with Gasteiger partial charge in [-0.2, -0.15) is 0 Å². The maximum atomic E-state index is 15.0. The number of carbonyl (C=O) groups excluding carboxylic acids is 1. The molecule has 0 unspecified atom stereocenters. The monoisotopic (exact) mass is 415 g/mol. The molecule has 1 amide bonds. The van der Waals surface area contributed by atoms with Crippen molar-refractivity contribution >= 4 is 11.9 Å². The van der Waals surface area contributed by atoms with Crippen molar-refractivity contribution in [1.29, 1.82) is 0 Å². The van der Waals surface area contributed by atoms with E-state index in [9.17, 15) is 19.1 Å². The zero-order valence-electron chi connectivity index (χ0n) is 17.7. The van der Waals surface area contributed by atoms with Gasteiger partial charge in [0.25, 0.3) is 5.91 Å². The zero-order chi connectivity index (χ0) is 21.9. The van der Waals surface area contributed by atoms with Crippen LogP contribution in [0.15, 0.2) is 36.6 Å². The van der Waals surface area contributed by atoms with Gasteiger partial charge >= 0.3 is 5.97 Å². The van der Waals surface area contributed by atoms with Gasteiger partial charge in [0.2, 0.25) is 0 Å². The van der Waals surface area contributed by atoms with Gasteiger partial charge in [-0.25, -0.2) is 9.18 Å². The predicted molar refractivity (Wildman–Crippen MR) is 113 cm³/mol. The molecule has 0 radical (unpaired) electrons. The lowest BCUT2D eigenvalue weighted by Crippen LogP contribution is -2.32. The Labute approximate surface area is 177 Å². The molecule has 0 bridgehead atoms. The number of aliphatic carboxylic acids is 1. The first-order valence-corrected chi connectivity index (χ1v) is 10.7. The van der Waals surface area contributed by atoms with Crippen molar-refractivity contribution in [1.82, 2.24) is 4.90 Å². The molecule has 5 nitrogen and oxygen atoms in total. The quantitative estimate of drug-likeness (QED) is 0.528. The van der Waals surface area contributed by atoms with Crippen molar-refractivity contribution in [3.63, 3.8) is 0 Å². The molecule has 1 aliphatic heterocycles. The number of halogens is 1. The Morgan fingerprint density at radius 1 is 1.33 bits per heavy atom. The highest BCUT2D eigenvalue weighted by Crippen LogP contribution is 2.46. The molecule has 1 saturated carbocycles. The number of hydrogen-bond donors (Lipinski definition) is 1. The molecule has 1 heterocycles. The van der Waals surface area contributed by atoms with Crippen molar-refractivity contribution in [2.45, 2.75) is 58.3 Å². The smallest absolute Gasteiger partial charge is 0.352 e. The molecule has 162 valence electrons. The maximum absolute atomic E-state index is 15.0. The molecule has 0 aromatic heterocycles. The summed E-state index contributed by atoms with van der Waals surface area (Å²) in [4.78, 5) is 25.4. The summed E-state index contributed by atoms with van der Waals surface area (Å²) in [5.41, 5.74) is 0.596. The third-order valence-corrected chi connectivity index (χ3v) is 6.40. The molecule has 2 aliphatic rings. The number of amides is 1. The summed E-state index contributed by atoms with van der Waals surface area (Å²) in [6, 6.07) is 2.86. The number of benzene rings is 1. The molecule has 1 aromatic rings. The number of allylic oxidation sites excluding steroid dienone is 1. The van der Waals surface area contributed by atoms with Crippen LogP contribution in [-0.4, -0.2) is 35.0 Å². The summed E-state index contributed by atoms with van der Waals surface area (Å²) in [6.07, 6.45) is 8.44. The van der Waals surface area contributed by atoms with E-state index in [0.29, 0.717) is 18.8 Å². The van der Waals surface area contributed by atoms with Crippen molar-refractivity contribution in [2.24, 2.45) is 5.41 Å². The van der Waals surface area contributed by atoms with E-state index in [0.717, 1.165) is 42.6 Å². The van der Waals surface area contributed by atoms with Crippen LogP contribution in [0, 0.1) is 11.2 Å². The van der Waals surface area contributed by atoms with E-state index in [1.807, 2.05) is 6.08 Å². The minimum atomic E-state index is -1.18. The van der Waals surface area contributed by atoms with Crippen LogP contribution in [0.25, 0.3) is 0 Å². The van der Waals surface area contributed by atoms with E-state index in [1.165, 1.54) is 12.1 Å². The average molecular weight is 416 g/mol. The Bertz CT molecular complexity index is 868. The van der Waals surface area contributed by atoms with Gasteiger partial charge in [0, 0.05) is 18.0 Å². The normalized spacial score (nSPS) is 16.4. The van der Waals surface area contributed by atoms with Gasteiger partial charge in [0.05, 0.1) is 12.2 Å². The first kappa shape index (κ1) is 22.1. The van der Waals surface area contributed by atoms with Gasteiger partial charge in [0.15, 0.2) is 0 Å². The second-order valence-corrected chi connectivity index (χ2v) is 8.27. The Kier molecular flexibility index (Phi) is 6.64. The molecule has 1 aromatic carbocycles. The summed E-state index contributed by atoms with van der Waals surface area (Å²) < 4.78 is 21.1. The molecule has 0 atom stereocenters. The number of nitrogens with zero attached hydrogens (tertiary/aromatic N) is 1. The fourth-order valence-corrected chi connectivity index (χ4v) is 4.03. The summed E-state index contributed by atoms with van der Waals surface area (Å²) in [7, 11) is 0. The summed E-state index contributed by atoms with van der Waals surface area (Å²) in [5.74, 6) is -1.75. The SMILES string of the molecule is C=CCC(CC)(CC)COc1cc(F)c(C(=O)N2CCC=C2C(=O)O)cc1C1CC1. The van der Waals surface area contributed by atoms with Crippen molar-refractivity contribution in [2.75, 3.05) is 13.2 Å². The van der Waals surface area contributed by atoms with Crippen LogP contribution in [0.1, 0.15) is 74.2 Å². The molecular formula is C24H30FNO4. The molecule has 0 spiro atoms. The lowest BCUT2D eigenvalue weighted by molar-refractivity contribution is -0.134. The van der Waals surface area contributed by atoms with Crippen LogP contribution in [0.4, 0.5) is 4.39 Å². The number of rotatable bonds is 10. The minimum absolute atomic E-state index is 0.0513. The standard InChI is InChI=1S/C24H30FNO4/c1-4-11-24(5-2,6-3)15-30-21-14-19(25)18(13-17(21)16-9-10-16)22(27)26-12-7-8-20(26)23(28)29/h4,8,13-14,16H,1,5-7,9-12,15H2,2-3H3,(H,28,29). The van der Waals surface area contributed by atoms with Crippen LogP contribution < -0.4 is 4.74 Å². The topological polar surface area (TPSA) is 66.8 Å². The minimum Gasteiger partial charge on any atom is -0.493 e. The van der Waals surface area contributed by atoms with Crippen LogP contribution in [0.2, 0.25) is 0 Å². The zero-order valence-corrected chi connectivity index (χ0v) is 17.7. The van der Waals surface area contributed by atoms with E-state index in [-0.39, 0.29) is 29.1 Å². The molecule has 6 heteroatoms. The summed E-state index contributed by atoms with van der Waals surface area (Å²) in [6.45, 7) is 8.78. The fraction of sp³-hybridized carbons (Fsp3) is 0.500. The highest BCUT2D eigenvalue weighted by Gasteiger charge is 2.34. The van der Waals surface area contributed by atoms with Gasteiger partial charge in [0.1, 0.15) is 17.3 Å². The molecular weight excluding hydrogens is 385 g/mol. The molecule has 3 rings (SSSR count). The van der Waals surface area contributed by atoms with Crippen LogP contribution >= 0.6 is 0 Å². The molecule has 1 N–H and O–H groups in total. The number of ether oxygens (including phenoxy) is 1. The lowest BCUT2D eigenvalue weighted by Gasteiger charge is -2.31. The molecule has 0 saturated heterocycles. The molecule has 30 heavy (non-hydrogen) atoms. The summed E-state index contributed by atoms with van der Waals surface area (Å²) in [5, 5.41) is 9.30. The average Bonchev–Trinajstić information content (AvgIpc) is 3.45. The molecule has 1 fully saturated rings. The number of carbonyl (C=O) groups is 2. The predicted octanol–water partition coefficient (Wildman–Crippen LogP) is 5.28. The lowest BCUT2D eigenvalue weighted by atomic mass is 9.80. The Hall–Kier alpha value is -2.63. The largest absolute Gasteiger partial charge is 0.493 e. The van der Waals surface area contributed by atoms with Crippen molar-refractivity contribution in [3.05, 3.63) is 53.5 Å². The van der Waals surface area contributed by atoms with Crippen LogP contribution in [0.5, 0.6) is 5.75 Å². The fourth-order valence-electron chi connectivity index (χ4n) is 4.03. The van der Waals surface area contributed by atoms with E-state index < -0.39 is 17.7 Å². The third kappa shape index (κ3) is 4.42.